The number of carbonyl (C=O) groups is 4. The lowest BCUT2D eigenvalue weighted by molar-refractivity contribution is -0.378. The number of nitrogens with one attached hydrogen (secondary N) is 1. The highest BCUT2D eigenvalue weighted by molar-refractivity contribution is 7.88. The first-order valence-corrected chi connectivity index (χ1v) is 33.2. The van der Waals surface area contributed by atoms with Gasteiger partial charge >= 0.3 is 54.8 Å². The Morgan fingerprint density at radius 3 is 1.36 bits per heavy atom. The molecule has 0 aliphatic heterocycles. The van der Waals surface area contributed by atoms with Crippen LogP contribution < -0.4 is 4.98 Å². The fraction of sp³-hybridized carbons (Fsp3) is 0.650. The highest BCUT2D eigenvalue weighted by Gasteiger charge is 2.62. The molecule has 89 heavy (non-hydrogen) atoms. The number of hydrogen-bond donors (Lipinski definition) is 1. The van der Waals surface area contributed by atoms with Crippen molar-refractivity contribution < 1.29 is 118 Å². The molecule has 1 heterocycles. The quantitative estimate of drug-likeness (QED) is 0.0100. The molecule has 20 nitrogen and oxygen atoms in total. The molecule has 8 aliphatic rings. The summed E-state index contributed by atoms with van der Waals surface area (Å²) >= 11 is 0. The summed E-state index contributed by atoms with van der Waals surface area (Å²) in [5, 5.41) is -0.687. The van der Waals surface area contributed by atoms with Crippen molar-refractivity contribution in [3.8, 4) is 0 Å². The zero-order valence-corrected chi connectivity index (χ0v) is 53.0. The summed E-state index contributed by atoms with van der Waals surface area (Å²) < 4.78 is 187. The minimum absolute atomic E-state index is 0.00468. The average Bonchev–Trinajstić information content (AvgIpc) is 0.787. The van der Waals surface area contributed by atoms with E-state index in [1.54, 1.807) is 32.9 Å². The standard InChI is InChI=1S/C24H35F3O8S.C14H19F3O5S.C10H16O3.C7H8O3S.C5H5N/c1-16(2)20(28)33-7-5-4-6-32-17(3)34-14-22-9-18-8-19(10-22)12-23(11-18,13-22)15-35-21(29)24(25,26)36(27,30)31;15-14(16,23(17,20)21)11(19)22-8-13-4-9-1-10(5-13)3-12(2-9,6-13)7-18;1-4-12-7-5-6-8-13-10(11)9(2)3;1-6-2-4-7(5-3-6)11(8,9)10;1-2-4-6-5-3-1/h17-19H,1,4-15H2,2-3H3;9-10,18H,1-8H2;4H,1-2,5-8H2,3H3;2-5H,1H3,(H,8,9,10);1-5H. The first kappa shape index (κ1) is 76.0. The maximum absolute atomic E-state index is 13.5. The van der Waals surface area contributed by atoms with E-state index in [2.05, 4.69) is 29.5 Å². The molecule has 2 aromatic rings. The molecule has 0 amide bonds. The molecule has 8 aliphatic carbocycles. The van der Waals surface area contributed by atoms with Gasteiger partial charge < -0.3 is 42.8 Å². The molecule has 1 aromatic heterocycles. The van der Waals surface area contributed by atoms with Crippen molar-refractivity contribution in [1.82, 2.24) is 0 Å². The van der Waals surface area contributed by atoms with E-state index in [0.717, 1.165) is 56.9 Å². The summed E-state index contributed by atoms with van der Waals surface area (Å²) in [6.45, 7) is 18.7. The van der Waals surface area contributed by atoms with Gasteiger partial charge in [-0.1, -0.05) is 51.3 Å². The zero-order chi connectivity index (χ0) is 66.7. The smallest absolute Gasteiger partial charge is 0.470 e. The number of rotatable bonds is 27. The number of aromatic amines is 1. The van der Waals surface area contributed by atoms with Crippen LogP contribution in [0.4, 0.5) is 25.3 Å². The number of unbranched alkanes of at least 4 members (excludes halogenated alkanes) is 2. The van der Waals surface area contributed by atoms with Gasteiger partial charge in [-0.3, -0.25) is 0 Å². The van der Waals surface area contributed by atoms with Gasteiger partial charge in [-0.2, -0.15) is 34.4 Å². The number of pyridine rings is 1. The highest BCUT2D eigenvalue weighted by atomic mass is 32.3. The minimum Gasteiger partial charge on any atom is -0.744 e. The van der Waals surface area contributed by atoms with Gasteiger partial charge in [0.05, 0.1) is 50.8 Å². The fourth-order valence-corrected chi connectivity index (χ4v) is 14.6. The Kier molecular flexibility index (Phi) is 27.9. The number of ether oxygens (including phenoxy) is 7. The third kappa shape index (κ3) is 23.0. The number of halogens is 6. The van der Waals surface area contributed by atoms with Gasteiger partial charge in [0.25, 0.3) is 0 Å². The molecule has 8 fully saturated rings. The summed E-state index contributed by atoms with van der Waals surface area (Å²) in [5.74, 6) is -4.12. The normalized spacial score (nSPS) is 25.7. The average molecular weight is 1330 g/mol. The second-order valence-corrected chi connectivity index (χ2v) is 28.7. The number of hydrogen-bond acceptors (Lipinski definition) is 19. The highest BCUT2D eigenvalue weighted by Crippen LogP contribution is 2.66. The number of H-pyrrole nitrogens is 1. The summed E-state index contributed by atoms with van der Waals surface area (Å²) in [5.41, 5.74) is 0.178. The molecule has 8 saturated carbocycles. The van der Waals surface area contributed by atoms with Crippen LogP contribution in [0.1, 0.15) is 129 Å². The Morgan fingerprint density at radius 2 is 1.01 bits per heavy atom. The molecular weight excluding hydrogens is 1250 g/mol. The summed E-state index contributed by atoms with van der Waals surface area (Å²) in [4.78, 5) is 47.9. The molecule has 0 spiro atoms. The number of aromatic nitrogens is 1. The largest absolute Gasteiger partial charge is 0.744 e. The van der Waals surface area contributed by atoms with E-state index in [4.69, 9.17) is 28.4 Å². The molecule has 0 radical (unpaired) electrons. The molecule has 8 bridgehead atoms. The van der Waals surface area contributed by atoms with E-state index < -0.39 is 76.1 Å². The Hall–Kier alpha value is -5.46. The van der Waals surface area contributed by atoms with Gasteiger partial charge in [0.2, 0.25) is 0 Å². The maximum atomic E-state index is 13.5. The fourth-order valence-electron chi connectivity index (χ4n) is 13.6. The lowest BCUT2D eigenvalue weighted by Crippen LogP contribution is -2.55. The van der Waals surface area contributed by atoms with E-state index in [-0.39, 0.29) is 48.1 Å². The van der Waals surface area contributed by atoms with Crippen molar-refractivity contribution in [3.05, 3.63) is 97.6 Å². The predicted molar refractivity (Wildman–Crippen MR) is 308 cm³/mol. The monoisotopic (exact) mass is 1330 g/mol. The third-order valence-corrected chi connectivity index (χ3v) is 18.8. The van der Waals surface area contributed by atoms with Gasteiger partial charge in [-0.25, -0.2) is 32.6 Å². The van der Waals surface area contributed by atoms with Crippen LogP contribution in [0, 0.1) is 52.3 Å². The number of esters is 4. The predicted octanol–water partition coefficient (Wildman–Crippen LogP) is 9.73. The van der Waals surface area contributed by atoms with Crippen molar-refractivity contribution in [2.75, 3.05) is 52.9 Å². The third-order valence-electron chi connectivity index (χ3n) is 16.4. The van der Waals surface area contributed by atoms with E-state index in [0.29, 0.717) is 113 Å². The van der Waals surface area contributed by atoms with Gasteiger partial charge in [-0.15, -0.1) is 0 Å². The number of benzene rings is 1. The van der Waals surface area contributed by atoms with Crippen molar-refractivity contribution >= 4 is 54.4 Å². The van der Waals surface area contributed by atoms with Crippen LogP contribution in [0.15, 0.2) is 96.9 Å². The zero-order valence-electron chi connectivity index (χ0n) is 50.5. The van der Waals surface area contributed by atoms with Crippen molar-refractivity contribution in [2.45, 2.75) is 152 Å². The summed E-state index contributed by atoms with van der Waals surface area (Å²) in [7, 11) is -17.0. The molecule has 2 N–H and O–H groups in total. The van der Waals surface area contributed by atoms with Crippen LogP contribution in [-0.4, -0.2) is 128 Å². The van der Waals surface area contributed by atoms with Gasteiger partial charge in [0.1, 0.15) is 10.1 Å². The Balaban J connectivity index is 0.000000270. The molecule has 0 saturated heterocycles. The lowest BCUT2D eigenvalue weighted by Gasteiger charge is -2.61. The van der Waals surface area contributed by atoms with Crippen molar-refractivity contribution in [3.63, 3.8) is 0 Å². The molecule has 5 unspecified atom stereocenters. The summed E-state index contributed by atoms with van der Waals surface area (Å²) in [6.07, 6.45) is 17.2. The van der Waals surface area contributed by atoms with Gasteiger partial charge in [0, 0.05) is 47.3 Å². The van der Waals surface area contributed by atoms with E-state index >= 15 is 0 Å². The first-order chi connectivity index (χ1) is 41.4. The number of aliphatic hydroxyl groups is 1. The number of aryl methyl sites for hydroxylation is 1. The van der Waals surface area contributed by atoms with Crippen LogP contribution in [-0.2, 0) is 82.9 Å². The number of aliphatic hydroxyl groups excluding tert-OH is 1. The number of carbonyl (C=O) groups excluding carboxylic acids is 4. The van der Waals surface area contributed by atoms with Gasteiger partial charge in [-0.05, 0) is 177 Å². The van der Waals surface area contributed by atoms with Crippen LogP contribution in [0.25, 0.3) is 0 Å². The van der Waals surface area contributed by atoms with Crippen molar-refractivity contribution in [1.29, 1.82) is 0 Å². The molecule has 502 valence electrons. The minimum atomic E-state index is -6.40. The molecule has 1 aromatic carbocycles. The molecule has 10 rings (SSSR count). The Labute approximate surface area is 517 Å². The van der Waals surface area contributed by atoms with E-state index in [1.807, 2.05) is 37.5 Å². The molecular formula is C60H83F6NO19S3. The second kappa shape index (κ2) is 32.7. The van der Waals surface area contributed by atoms with E-state index in [9.17, 15) is 79.4 Å². The Bertz CT molecular complexity index is 3010. The lowest BCUT2D eigenvalue weighted by atomic mass is 9.44. The number of alkyl halides is 4. The second-order valence-electron chi connectivity index (χ2n) is 24.5. The Morgan fingerprint density at radius 1 is 0.629 bits per heavy atom. The van der Waals surface area contributed by atoms with Gasteiger partial charge in [0.15, 0.2) is 18.7 Å². The van der Waals surface area contributed by atoms with Crippen molar-refractivity contribution in [2.24, 2.45) is 45.3 Å². The molecule has 5 atom stereocenters. The molecule has 29 heteroatoms. The topological polar surface area (TPSA) is 293 Å². The van der Waals surface area contributed by atoms with Crippen LogP contribution in [0.2, 0.25) is 0 Å². The van der Waals surface area contributed by atoms with Crippen LogP contribution in [0.3, 0.4) is 0 Å². The van der Waals surface area contributed by atoms with E-state index in [1.165, 1.54) is 18.4 Å². The SMILES string of the molecule is C=C(C)C(=O)OCCCCOC(C)OCC12CC3CC(CC(COC(=O)C(F)(F)S(=O)(=O)F)(C3)C1)C2.C=COCCCCOC(=O)C(=C)C.Cc1ccc(S(=O)(=O)[O-])cc1.O=C(OCC12CC3CC(CC(CO)(C3)C1)C2)C(F)(F)S(=O)(=O)F.c1cc[nH+]cc1. The van der Waals surface area contributed by atoms with Crippen LogP contribution >= 0.6 is 0 Å². The summed E-state index contributed by atoms with van der Waals surface area (Å²) in [6, 6.07) is 11.6. The maximum Gasteiger partial charge on any atom is 0.470 e. The van der Waals surface area contributed by atoms with Crippen LogP contribution in [0.5, 0.6) is 0 Å². The first-order valence-electron chi connectivity index (χ1n) is 29.0.